The maximum absolute atomic E-state index is 11.2. The van der Waals surface area contributed by atoms with Gasteiger partial charge in [-0.3, -0.25) is 4.21 Å². The van der Waals surface area contributed by atoms with Crippen molar-refractivity contribution in [3.8, 4) is 0 Å². The number of hydrogen-bond acceptors (Lipinski definition) is 4. The highest BCUT2D eigenvalue weighted by Crippen LogP contribution is 2.19. The molecule has 0 N–H and O–H groups in total. The van der Waals surface area contributed by atoms with Gasteiger partial charge >= 0.3 is 6.36 Å². The van der Waals surface area contributed by atoms with Crippen LogP contribution in [0.4, 0.5) is 13.2 Å². The number of alkyl halides is 3. The lowest BCUT2D eigenvalue weighted by molar-refractivity contribution is -0.269. The molecule has 12 heavy (non-hydrogen) atoms. The van der Waals surface area contributed by atoms with Crippen LogP contribution < -0.4 is 0 Å². The summed E-state index contributed by atoms with van der Waals surface area (Å²) in [5.41, 5.74) is 0. The predicted molar refractivity (Wildman–Crippen MR) is 33.8 cm³/mol. The molecule has 2 unspecified atom stereocenters. The van der Waals surface area contributed by atoms with E-state index in [4.69, 9.17) is 0 Å². The van der Waals surface area contributed by atoms with Gasteiger partial charge < -0.3 is 9.17 Å². The van der Waals surface area contributed by atoms with Crippen LogP contribution in [0.3, 0.4) is 0 Å². The van der Waals surface area contributed by atoms with Crippen molar-refractivity contribution in [2.75, 3.05) is 6.26 Å². The van der Waals surface area contributed by atoms with Crippen molar-refractivity contribution in [1.29, 1.82) is 0 Å². The second kappa shape index (κ2) is 4.87. The average Bonchev–Trinajstić information content (AvgIpc) is 1.79. The van der Waals surface area contributed by atoms with Crippen molar-refractivity contribution in [3.05, 3.63) is 4.89 Å². The molecular weight excluding hydrogens is 223 g/mol. The third kappa shape index (κ3) is 8.07. The number of hydrogen-bond donors (Lipinski definition) is 0. The lowest BCUT2D eigenvalue weighted by Gasteiger charge is -2.17. The zero-order valence-corrected chi connectivity index (χ0v) is 7.16. The van der Waals surface area contributed by atoms with Crippen molar-refractivity contribution < 1.29 is 30.1 Å². The Balaban J connectivity index is 3.68. The summed E-state index contributed by atoms with van der Waals surface area (Å²) in [6, 6.07) is 0. The van der Waals surface area contributed by atoms with Crippen molar-refractivity contribution in [1.82, 2.24) is 0 Å². The summed E-state index contributed by atoms with van der Waals surface area (Å²) in [6.45, 7) is 0. The molecule has 0 aliphatic rings. The van der Waals surface area contributed by atoms with E-state index in [1.54, 1.807) is 0 Å². The van der Waals surface area contributed by atoms with E-state index in [0.717, 1.165) is 6.26 Å². The molecule has 0 aliphatic heterocycles. The fourth-order valence-electron chi connectivity index (χ4n) is 0.164. The van der Waals surface area contributed by atoms with E-state index in [1.807, 2.05) is 0 Å². The van der Waals surface area contributed by atoms with Gasteiger partial charge in [-0.2, -0.15) is 0 Å². The van der Waals surface area contributed by atoms with Gasteiger partial charge in [0.2, 0.25) is 0 Å². The molecule has 0 aromatic rings. The minimum atomic E-state index is -5.06. The molecule has 0 amide bonds. The van der Waals surface area contributed by atoms with Crippen LogP contribution in [0.15, 0.2) is 0 Å². The molecule has 0 bridgehead atoms. The van der Waals surface area contributed by atoms with E-state index in [1.165, 1.54) is 0 Å². The second-order valence-electron chi connectivity index (χ2n) is 1.30. The Kier molecular flexibility index (Phi) is 4.85. The lowest BCUT2D eigenvalue weighted by Crippen LogP contribution is -2.15. The summed E-state index contributed by atoms with van der Waals surface area (Å²) < 4.78 is 60.4. The molecule has 0 saturated carbocycles. The van der Waals surface area contributed by atoms with E-state index in [-0.39, 0.29) is 0 Å². The Bertz CT molecular complexity index is 193. The topological polar surface area (TPSA) is 66.7 Å². The van der Waals surface area contributed by atoms with Gasteiger partial charge in [0.25, 0.3) is 0 Å². The first kappa shape index (κ1) is 12.0. The van der Waals surface area contributed by atoms with E-state index >= 15 is 0 Å². The monoisotopic (exact) mass is 226 g/mol. The first-order chi connectivity index (χ1) is 5.31. The van der Waals surface area contributed by atoms with Crippen LogP contribution in [0, 0.1) is 0 Å². The SMILES string of the molecule is CS(=O)O[N-]S(=O)OC(F)(F)F. The van der Waals surface area contributed by atoms with Gasteiger partial charge in [0.1, 0.15) is 11.1 Å². The van der Waals surface area contributed by atoms with Gasteiger partial charge in [-0.25, -0.2) is 8.39 Å². The Morgan fingerprint density at radius 1 is 1.33 bits per heavy atom. The molecule has 0 rings (SSSR count). The summed E-state index contributed by atoms with van der Waals surface area (Å²) in [7, 11) is 0. The van der Waals surface area contributed by atoms with Crippen molar-refractivity contribution in [2.24, 2.45) is 0 Å². The summed E-state index contributed by atoms with van der Waals surface area (Å²) in [5.74, 6) is 0. The van der Waals surface area contributed by atoms with Gasteiger partial charge in [-0.15, -0.1) is 13.2 Å². The van der Waals surface area contributed by atoms with E-state index < -0.39 is 28.7 Å². The number of nitrogens with zero attached hydrogens (tertiary/aromatic N) is 1. The summed E-state index contributed by atoms with van der Waals surface area (Å²) in [6.07, 6.45) is -4.07. The Morgan fingerprint density at radius 2 is 1.83 bits per heavy atom. The second-order valence-corrected chi connectivity index (χ2v) is 3.00. The van der Waals surface area contributed by atoms with Gasteiger partial charge in [-0.05, 0) is 0 Å². The fraction of sp³-hybridized carbons (Fsp3) is 1.00. The molecule has 0 fully saturated rings. The van der Waals surface area contributed by atoms with Gasteiger partial charge in [-0.1, -0.05) is 0 Å². The van der Waals surface area contributed by atoms with Gasteiger partial charge in [0.05, 0.1) is 11.3 Å². The van der Waals surface area contributed by atoms with E-state index in [0.29, 0.717) is 0 Å². The van der Waals surface area contributed by atoms with Crippen LogP contribution in [0.2, 0.25) is 0 Å². The molecule has 10 heteroatoms. The summed E-state index contributed by atoms with van der Waals surface area (Å²) in [5, 5.41) is 0. The van der Waals surface area contributed by atoms with Crippen LogP contribution in [-0.2, 0) is 30.8 Å². The molecule has 0 heterocycles. The molecule has 0 aromatic carbocycles. The first-order valence-corrected chi connectivity index (χ1v) is 4.73. The lowest BCUT2D eigenvalue weighted by atomic mass is 11.4. The molecule has 74 valence electrons. The largest absolute Gasteiger partial charge is 0.534 e. The number of rotatable bonds is 4. The minimum absolute atomic E-state index is 0.994. The highest BCUT2D eigenvalue weighted by Gasteiger charge is 2.30. The molecule has 5 nitrogen and oxygen atoms in total. The molecule has 2 atom stereocenters. The van der Waals surface area contributed by atoms with Crippen LogP contribution in [0.25, 0.3) is 4.89 Å². The molecule has 0 aromatic heterocycles. The van der Waals surface area contributed by atoms with Crippen molar-refractivity contribution in [2.45, 2.75) is 6.36 Å². The molecule has 0 radical (unpaired) electrons. The summed E-state index contributed by atoms with van der Waals surface area (Å²) >= 11 is -4.95. The smallest absolute Gasteiger partial charge is 0.408 e. The van der Waals surface area contributed by atoms with Gasteiger partial charge in [0.15, 0.2) is 0 Å². The van der Waals surface area contributed by atoms with Crippen LogP contribution in [-0.4, -0.2) is 21.0 Å². The standard InChI is InChI=1S/C2H3F3NO4S2/c1-11(7)10-6-12(8)9-2(3,4)5/h1H3/q-1. The van der Waals surface area contributed by atoms with E-state index in [9.17, 15) is 21.6 Å². The quantitative estimate of drug-likeness (QED) is 0.662. The molecule has 0 aliphatic carbocycles. The first-order valence-electron chi connectivity index (χ1n) is 2.21. The third-order valence-electron chi connectivity index (χ3n) is 0.362. The zero-order chi connectivity index (χ0) is 9.78. The highest BCUT2D eigenvalue weighted by molar-refractivity contribution is 7.84. The Labute approximate surface area is 70.6 Å². The normalized spacial score (nSPS) is 17.3. The minimum Gasteiger partial charge on any atom is -0.408 e. The van der Waals surface area contributed by atoms with Crippen LogP contribution >= 0.6 is 0 Å². The van der Waals surface area contributed by atoms with E-state index in [2.05, 4.69) is 13.4 Å². The third-order valence-corrected chi connectivity index (χ3v) is 1.27. The molecule has 0 spiro atoms. The summed E-state index contributed by atoms with van der Waals surface area (Å²) in [4.78, 5) is 2.34. The Hall–Kier alpha value is -0.0300. The fourth-order valence-corrected chi connectivity index (χ4v) is 0.897. The average molecular weight is 226 g/mol. The van der Waals surface area contributed by atoms with Crippen molar-refractivity contribution in [3.63, 3.8) is 0 Å². The van der Waals surface area contributed by atoms with Gasteiger partial charge in [0, 0.05) is 6.26 Å². The number of halogens is 3. The zero-order valence-electron chi connectivity index (χ0n) is 5.53. The molecular formula is C2H3F3NO4S2-. The molecule has 0 saturated heterocycles. The van der Waals surface area contributed by atoms with Crippen LogP contribution in [0.1, 0.15) is 0 Å². The Morgan fingerprint density at radius 3 is 2.17 bits per heavy atom. The van der Waals surface area contributed by atoms with Crippen molar-refractivity contribution >= 4 is 22.3 Å². The van der Waals surface area contributed by atoms with Crippen LogP contribution in [0.5, 0.6) is 0 Å². The maximum Gasteiger partial charge on any atom is 0.534 e. The maximum atomic E-state index is 11.2. The highest BCUT2D eigenvalue weighted by atomic mass is 32.2. The predicted octanol–water partition coefficient (Wildman–Crippen LogP) is 0.700.